The fourth-order valence-corrected chi connectivity index (χ4v) is 9.30. The smallest absolute Gasteiger partial charge is 0.407 e. The summed E-state index contributed by atoms with van der Waals surface area (Å²) in [6.45, 7) is 6.89. The highest BCUT2D eigenvalue weighted by atomic mass is 33.1. The van der Waals surface area contributed by atoms with Gasteiger partial charge in [-0.05, 0) is 68.5 Å². The average Bonchev–Trinajstić information content (AvgIpc) is 3.50. The molecule has 0 radical (unpaired) electrons. The average molecular weight is 742 g/mol. The van der Waals surface area contributed by atoms with Crippen molar-refractivity contribution in [3.05, 3.63) is 89.0 Å². The molecular formula is C38H47NO10S2. The Kier molecular flexibility index (Phi) is 12.4. The lowest BCUT2D eigenvalue weighted by Crippen LogP contribution is -2.52. The molecule has 2 aliphatic rings. The molecule has 0 spiro atoms. The van der Waals surface area contributed by atoms with Crippen molar-refractivity contribution in [3.63, 3.8) is 0 Å². The number of alkyl carbamates (subject to hydrolysis) is 1. The maximum Gasteiger partial charge on any atom is 0.407 e. The highest BCUT2D eigenvalue weighted by Gasteiger charge is 2.77. The molecule has 3 aromatic rings. The Morgan fingerprint density at radius 3 is 2.41 bits per heavy atom. The van der Waals surface area contributed by atoms with Gasteiger partial charge in [0.25, 0.3) is 0 Å². The van der Waals surface area contributed by atoms with Gasteiger partial charge in [0.05, 0.1) is 38.1 Å². The lowest BCUT2D eigenvalue weighted by Gasteiger charge is -2.41. The number of hydrogen-bond donors (Lipinski definition) is 4. The summed E-state index contributed by atoms with van der Waals surface area (Å²) in [5.41, 5.74) is -1.43. The molecule has 0 unspecified atom stereocenters. The molecule has 0 saturated heterocycles. The summed E-state index contributed by atoms with van der Waals surface area (Å²) in [5, 5.41) is 36.7. The molecule has 1 saturated carbocycles. The van der Waals surface area contributed by atoms with Crippen LogP contribution in [0.3, 0.4) is 0 Å². The molecule has 0 bridgehead atoms. The number of unbranched alkanes of at least 4 members (excludes halogenated alkanes) is 1. The zero-order valence-electron chi connectivity index (χ0n) is 29.5. The van der Waals surface area contributed by atoms with Crippen LogP contribution in [0.1, 0.15) is 54.9 Å². The summed E-state index contributed by atoms with van der Waals surface area (Å²) in [5.74, 6) is -0.589. The number of aliphatic hydroxyl groups excluding tert-OH is 2. The lowest BCUT2D eigenvalue weighted by molar-refractivity contribution is -0.161. The van der Waals surface area contributed by atoms with Gasteiger partial charge in [-0.1, -0.05) is 64.1 Å². The van der Waals surface area contributed by atoms with Crippen LogP contribution in [-0.4, -0.2) is 84.6 Å². The Labute approximate surface area is 306 Å². The summed E-state index contributed by atoms with van der Waals surface area (Å²) < 4.78 is 28.7. The summed E-state index contributed by atoms with van der Waals surface area (Å²) in [4.78, 5) is 25.6. The second-order valence-corrected chi connectivity index (χ2v) is 16.4. The van der Waals surface area contributed by atoms with Gasteiger partial charge in [0.2, 0.25) is 0 Å². The van der Waals surface area contributed by atoms with E-state index >= 15 is 0 Å². The van der Waals surface area contributed by atoms with E-state index in [9.17, 15) is 19.8 Å². The van der Waals surface area contributed by atoms with E-state index in [0.717, 1.165) is 0 Å². The monoisotopic (exact) mass is 741 g/mol. The van der Waals surface area contributed by atoms with Crippen LogP contribution in [0.2, 0.25) is 0 Å². The first-order chi connectivity index (χ1) is 24.4. The van der Waals surface area contributed by atoms with Gasteiger partial charge >= 0.3 is 12.1 Å². The number of hydrogen-bond acceptors (Lipinski definition) is 12. The van der Waals surface area contributed by atoms with Gasteiger partial charge in [0.1, 0.15) is 30.0 Å². The van der Waals surface area contributed by atoms with Crippen molar-refractivity contribution in [2.24, 2.45) is 5.92 Å². The number of methoxy groups -OCH3 is 2. The summed E-state index contributed by atoms with van der Waals surface area (Å²) in [7, 11) is 5.93. The number of carbonyl (C=O) groups is 2. The minimum atomic E-state index is -2.05. The Balaban J connectivity index is 1.33. The van der Waals surface area contributed by atoms with E-state index in [2.05, 4.69) is 5.32 Å². The van der Waals surface area contributed by atoms with Crippen molar-refractivity contribution >= 4 is 33.7 Å². The number of benzene rings is 3. The maximum absolute atomic E-state index is 13.4. The Morgan fingerprint density at radius 1 is 1.02 bits per heavy atom. The van der Waals surface area contributed by atoms with Crippen LogP contribution < -0.4 is 19.5 Å². The zero-order chi connectivity index (χ0) is 36.8. The van der Waals surface area contributed by atoms with E-state index in [1.54, 1.807) is 54.3 Å². The third kappa shape index (κ3) is 7.64. The predicted octanol–water partition coefficient (Wildman–Crippen LogP) is 5.46. The number of aliphatic hydroxyl groups is 3. The molecule has 1 aliphatic heterocycles. The number of ether oxygens (including phenoxy) is 5. The minimum Gasteiger partial charge on any atom is -0.497 e. The van der Waals surface area contributed by atoms with Gasteiger partial charge < -0.3 is 44.3 Å². The van der Waals surface area contributed by atoms with E-state index < -0.39 is 41.2 Å². The Hall–Kier alpha value is -3.62. The number of aryl methyl sites for hydroxylation is 1. The number of rotatable bonds is 16. The quantitative estimate of drug-likeness (QED) is 0.0838. The van der Waals surface area contributed by atoms with Crippen molar-refractivity contribution < 1.29 is 48.6 Å². The highest BCUT2D eigenvalue weighted by Crippen LogP contribution is 2.69. The van der Waals surface area contributed by atoms with Crippen LogP contribution in [0.25, 0.3) is 0 Å². The molecule has 1 heterocycles. The lowest BCUT2D eigenvalue weighted by atomic mass is 9.70. The fraction of sp³-hybridized carbons (Fsp3) is 0.474. The van der Waals surface area contributed by atoms with Crippen molar-refractivity contribution in [2.45, 2.75) is 61.6 Å². The molecule has 3 aromatic carbocycles. The van der Waals surface area contributed by atoms with Crippen molar-refractivity contribution in [2.75, 3.05) is 46.3 Å². The predicted molar refractivity (Wildman–Crippen MR) is 196 cm³/mol. The van der Waals surface area contributed by atoms with Crippen LogP contribution in [-0.2, 0) is 25.5 Å². The van der Waals surface area contributed by atoms with Gasteiger partial charge in [-0.2, -0.15) is 0 Å². The first kappa shape index (κ1) is 38.6. The standard InChI is InChI=1S/C38H47NO10S2/c1-24-21-28(47-19-10-9-17-39-35(43)48-23-36(2,3)51-50-20-18-40)22-29-31(24)37(44)33(41)30(34(42)46-5)32(25-11-7-6-8-12-25)38(37,49-29)26-13-15-27(45-4)16-14-26/h6-8,11-16,21-22,30,32-33,40-41,44H,9-10,17-20,23H2,1-5H3,(H,39,43)/t30-,32-,33-,37+,38+/m0/s1. The van der Waals surface area contributed by atoms with Crippen LogP contribution in [0.4, 0.5) is 4.79 Å². The zero-order valence-corrected chi connectivity index (χ0v) is 31.2. The maximum atomic E-state index is 13.4. The van der Waals surface area contributed by atoms with E-state index in [1.807, 2.05) is 51.1 Å². The van der Waals surface area contributed by atoms with Gasteiger partial charge in [0.15, 0.2) is 11.2 Å². The number of esters is 1. The summed E-state index contributed by atoms with van der Waals surface area (Å²) in [6.07, 6.45) is -0.771. The number of nitrogens with one attached hydrogen (secondary N) is 1. The van der Waals surface area contributed by atoms with E-state index in [0.29, 0.717) is 71.2 Å². The topological polar surface area (TPSA) is 153 Å². The number of amides is 1. The van der Waals surface area contributed by atoms with Crippen molar-refractivity contribution in [1.82, 2.24) is 5.32 Å². The first-order valence-corrected chi connectivity index (χ1v) is 19.2. The van der Waals surface area contributed by atoms with Gasteiger partial charge in [-0.3, -0.25) is 4.79 Å². The van der Waals surface area contributed by atoms with Crippen LogP contribution >= 0.6 is 21.6 Å². The van der Waals surface area contributed by atoms with Crippen LogP contribution in [0.15, 0.2) is 66.7 Å². The molecule has 11 nitrogen and oxygen atoms in total. The second-order valence-electron chi connectivity index (χ2n) is 13.3. The molecule has 5 atom stereocenters. The van der Waals surface area contributed by atoms with Crippen molar-refractivity contribution in [3.8, 4) is 17.2 Å². The molecule has 276 valence electrons. The number of carbonyl (C=O) groups excluding carboxylic acids is 2. The summed E-state index contributed by atoms with van der Waals surface area (Å²) >= 11 is 0. The molecule has 51 heavy (non-hydrogen) atoms. The first-order valence-electron chi connectivity index (χ1n) is 16.9. The highest BCUT2D eigenvalue weighted by molar-refractivity contribution is 8.77. The van der Waals surface area contributed by atoms with Crippen LogP contribution in [0, 0.1) is 12.8 Å². The Morgan fingerprint density at radius 2 is 1.75 bits per heavy atom. The third-order valence-corrected chi connectivity index (χ3v) is 12.6. The third-order valence-electron chi connectivity index (χ3n) is 9.33. The second kappa shape index (κ2) is 16.4. The SMILES string of the molecule is COC(=O)[C@@H]1[C@H](O)[C@]2(O)c3c(C)cc(OCCCCNC(=O)OCC(C)(C)SSCCO)cc3O[C@]2(c2ccc(OC)cc2)[C@H]1c1ccccc1. The number of fused-ring (bicyclic) bond motifs is 3. The molecule has 4 N–H and O–H groups in total. The molecular weight excluding hydrogens is 695 g/mol. The van der Waals surface area contributed by atoms with E-state index in [4.69, 9.17) is 28.8 Å². The molecule has 1 amide bonds. The molecule has 0 aromatic heterocycles. The normalized spacial score (nSPS) is 23.5. The van der Waals surface area contributed by atoms with E-state index in [1.165, 1.54) is 17.9 Å². The Bertz CT molecular complexity index is 1660. The van der Waals surface area contributed by atoms with Gasteiger partial charge in [-0.15, -0.1) is 0 Å². The molecule has 1 fully saturated rings. The minimum absolute atomic E-state index is 0.103. The largest absolute Gasteiger partial charge is 0.497 e. The van der Waals surface area contributed by atoms with Gasteiger partial charge in [-0.25, -0.2) is 4.79 Å². The van der Waals surface area contributed by atoms with Gasteiger partial charge in [0, 0.05) is 29.8 Å². The molecule has 13 heteroatoms. The fourth-order valence-electron chi connectivity index (χ4n) is 7.14. The molecule has 1 aliphatic carbocycles. The van der Waals surface area contributed by atoms with Crippen LogP contribution in [0.5, 0.6) is 17.2 Å². The van der Waals surface area contributed by atoms with Crippen molar-refractivity contribution in [1.29, 1.82) is 0 Å². The molecule has 5 rings (SSSR count). The van der Waals surface area contributed by atoms with E-state index in [-0.39, 0.29) is 18.0 Å². The summed E-state index contributed by atoms with van der Waals surface area (Å²) in [6, 6.07) is 19.8.